The fraction of sp³-hybridized carbons (Fsp3) is 0.150. The molecule has 0 atom stereocenters. The van der Waals surface area contributed by atoms with Gasteiger partial charge in [0, 0.05) is 22.8 Å². The van der Waals surface area contributed by atoms with E-state index in [0.29, 0.717) is 17.8 Å². The van der Waals surface area contributed by atoms with Gasteiger partial charge in [0.05, 0.1) is 19.3 Å². The molecule has 28 heavy (non-hydrogen) atoms. The molecule has 0 aliphatic rings. The van der Waals surface area contributed by atoms with Crippen LogP contribution in [0.15, 0.2) is 65.0 Å². The third-order valence-electron chi connectivity index (χ3n) is 4.32. The third kappa shape index (κ3) is 3.67. The van der Waals surface area contributed by atoms with E-state index in [-0.39, 0.29) is 18.0 Å². The molecule has 0 saturated heterocycles. The molecule has 3 heterocycles. The summed E-state index contributed by atoms with van der Waals surface area (Å²) in [5.74, 6) is 0.502. The van der Waals surface area contributed by atoms with Crippen molar-refractivity contribution < 1.29 is 9.53 Å². The Kier molecular flexibility index (Phi) is 4.94. The minimum Gasteiger partial charge on any atom is -0.497 e. The number of methoxy groups -OCH3 is 1. The summed E-state index contributed by atoms with van der Waals surface area (Å²) >= 11 is 1.58. The van der Waals surface area contributed by atoms with E-state index < -0.39 is 0 Å². The lowest BCUT2D eigenvalue weighted by Gasteiger charge is -2.06. The van der Waals surface area contributed by atoms with Crippen LogP contribution >= 0.6 is 11.3 Å². The number of ether oxygens (including phenoxy) is 1. The first kappa shape index (κ1) is 18.0. The second kappa shape index (κ2) is 7.69. The van der Waals surface area contributed by atoms with E-state index in [1.165, 1.54) is 9.08 Å². The molecule has 1 amide bonds. The second-order valence-corrected chi connectivity index (χ2v) is 7.21. The van der Waals surface area contributed by atoms with E-state index in [1.54, 1.807) is 36.9 Å². The van der Waals surface area contributed by atoms with E-state index in [0.717, 1.165) is 16.2 Å². The summed E-state index contributed by atoms with van der Waals surface area (Å²) in [4.78, 5) is 26.0. The molecule has 8 heteroatoms. The maximum absolute atomic E-state index is 12.8. The van der Waals surface area contributed by atoms with Gasteiger partial charge in [-0.15, -0.1) is 11.3 Å². The lowest BCUT2D eigenvalue weighted by Crippen LogP contribution is -2.32. The minimum atomic E-state index is -0.268. The van der Waals surface area contributed by atoms with Crippen molar-refractivity contribution in [1.29, 1.82) is 0 Å². The maximum Gasteiger partial charge on any atom is 0.277 e. The van der Waals surface area contributed by atoms with Gasteiger partial charge < -0.3 is 14.6 Å². The highest BCUT2D eigenvalue weighted by atomic mass is 32.1. The summed E-state index contributed by atoms with van der Waals surface area (Å²) in [6, 6.07) is 13.1. The van der Waals surface area contributed by atoms with Gasteiger partial charge in [0.15, 0.2) is 0 Å². The number of nitrogens with one attached hydrogen (secondary N) is 1. The molecule has 1 N–H and O–H groups in total. The Morgan fingerprint density at radius 3 is 2.89 bits per heavy atom. The predicted octanol–water partition coefficient (Wildman–Crippen LogP) is 2.55. The molecule has 142 valence electrons. The smallest absolute Gasteiger partial charge is 0.277 e. The molecule has 0 aliphatic heterocycles. The van der Waals surface area contributed by atoms with Crippen LogP contribution in [0.2, 0.25) is 0 Å². The number of amides is 1. The molecule has 7 nitrogen and oxygen atoms in total. The molecule has 4 aromatic rings. The summed E-state index contributed by atoms with van der Waals surface area (Å²) in [5.41, 5.74) is 1.65. The largest absolute Gasteiger partial charge is 0.497 e. The lowest BCUT2D eigenvalue weighted by atomic mass is 10.1. The van der Waals surface area contributed by atoms with Crippen LogP contribution in [0.25, 0.3) is 16.8 Å². The number of nitrogens with zero attached hydrogens (tertiary/aromatic N) is 3. The number of thiophene rings is 1. The zero-order valence-corrected chi connectivity index (χ0v) is 16.0. The summed E-state index contributed by atoms with van der Waals surface area (Å²) in [5, 5.41) is 9.24. The van der Waals surface area contributed by atoms with E-state index in [9.17, 15) is 9.59 Å². The third-order valence-corrected chi connectivity index (χ3v) is 5.20. The van der Waals surface area contributed by atoms with E-state index in [4.69, 9.17) is 4.74 Å². The molecule has 0 aliphatic carbocycles. The zero-order valence-electron chi connectivity index (χ0n) is 15.2. The number of carbonyl (C=O) groups excluding carboxylic acids is 1. The SMILES string of the molecule is COc1cccc(-c2cc3c(=O)n(CC(=O)NCc4cccs4)ccn3n2)c1. The number of hydrogen-bond acceptors (Lipinski definition) is 5. The van der Waals surface area contributed by atoms with Gasteiger partial charge in [-0.1, -0.05) is 18.2 Å². The second-order valence-electron chi connectivity index (χ2n) is 6.18. The first-order valence-electron chi connectivity index (χ1n) is 8.66. The Balaban J connectivity index is 1.56. The van der Waals surface area contributed by atoms with Crippen molar-refractivity contribution in [2.45, 2.75) is 13.1 Å². The van der Waals surface area contributed by atoms with E-state index >= 15 is 0 Å². The van der Waals surface area contributed by atoms with Gasteiger partial charge in [0.1, 0.15) is 17.8 Å². The van der Waals surface area contributed by atoms with Crippen LogP contribution in [0, 0.1) is 0 Å². The molecule has 0 radical (unpaired) electrons. The standard InChI is InChI=1S/C20H18N4O3S/c1-27-15-5-2-4-14(10-15)17-11-18-20(26)23(7-8-24(18)22-17)13-19(25)21-12-16-6-3-9-28-16/h2-11H,12-13H2,1H3,(H,21,25). The molecule has 3 aromatic heterocycles. The molecule has 1 aromatic carbocycles. The number of benzene rings is 1. The van der Waals surface area contributed by atoms with Crippen LogP contribution in [0.4, 0.5) is 0 Å². The van der Waals surface area contributed by atoms with Crippen molar-refractivity contribution >= 4 is 22.8 Å². The van der Waals surface area contributed by atoms with Crippen LogP contribution in [0.1, 0.15) is 4.88 Å². The maximum atomic E-state index is 12.8. The Morgan fingerprint density at radius 1 is 1.21 bits per heavy atom. The Bertz CT molecular complexity index is 1180. The van der Waals surface area contributed by atoms with Crippen molar-refractivity contribution in [3.63, 3.8) is 0 Å². The molecular weight excluding hydrogens is 376 g/mol. The number of carbonyl (C=O) groups is 1. The van der Waals surface area contributed by atoms with E-state index in [1.807, 2.05) is 41.8 Å². The van der Waals surface area contributed by atoms with Crippen LogP contribution in [-0.4, -0.2) is 27.2 Å². The molecule has 0 fully saturated rings. The minimum absolute atomic E-state index is 0.0413. The number of fused-ring (bicyclic) bond motifs is 1. The highest BCUT2D eigenvalue weighted by Gasteiger charge is 2.12. The van der Waals surface area contributed by atoms with Gasteiger partial charge in [-0.25, -0.2) is 4.52 Å². The van der Waals surface area contributed by atoms with E-state index in [2.05, 4.69) is 10.4 Å². The highest BCUT2D eigenvalue weighted by molar-refractivity contribution is 7.09. The lowest BCUT2D eigenvalue weighted by molar-refractivity contribution is -0.121. The van der Waals surface area contributed by atoms with Gasteiger partial charge >= 0.3 is 0 Å². The molecule has 4 rings (SSSR count). The number of aromatic nitrogens is 3. The molecule has 0 spiro atoms. The van der Waals surface area contributed by atoms with Crippen molar-refractivity contribution in [1.82, 2.24) is 19.5 Å². The predicted molar refractivity (Wildman–Crippen MR) is 108 cm³/mol. The fourth-order valence-corrected chi connectivity index (χ4v) is 3.53. The zero-order chi connectivity index (χ0) is 19.5. The summed E-state index contributed by atoms with van der Waals surface area (Å²) in [6.45, 7) is 0.417. The quantitative estimate of drug-likeness (QED) is 0.545. The van der Waals surface area contributed by atoms with Crippen molar-refractivity contribution in [2.75, 3.05) is 7.11 Å². The Morgan fingerprint density at radius 2 is 2.11 bits per heavy atom. The van der Waals surface area contributed by atoms with Crippen LogP contribution in [-0.2, 0) is 17.9 Å². The van der Waals surface area contributed by atoms with Gasteiger partial charge in [-0.3, -0.25) is 9.59 Å². The fourth-order valence-electron chi connectivity index (χ4n) is 2.88. The van der Waals surface area contributed by atoms with Gasteiger partial charge in [-0.05, 0) is 29.6 Å². The summed E-state index contributed by atoms with van der Waals surface area (Å²) in [6.07, 6.45) is 3.25. The normalized spacial score (nSPS) is 10.9. The van der Waals surface area contributed by atoms with Crippen LogP contribution in [0.5, 0.6) is 5.75 Å². The van der Waals surface area contributed by atoms with Gasteiger partial charge in [-0.2, -0.15) is 5.10 Å². The monoisotopic (exact) mass is 394 g/mol. The highest BCUT2D eigenvalue weighted by Crippen LogP contribution is 2.23. The molecule has 0 unspecified atom stereocenters. The van der Waals surface area contributed by atoms with Crippen molar-refractivity contribution in [3.05, 3.63) is 75.5 Å². The summed E-state index contributed by atoms with van der Waals surface area (Å²) < 4.78 is 8.15. The van der Waals surface area contributed by atoms with Crippen molar-refractivity contribution in [3.8, 4) is 17.0 Å². The Hall–Kier alpha value is -3.39. The first-order valence-corrected chi connectivity index (χ1v) is 9.54. The number of rotatable bonds is 6. The average molecular weight is 394 g/mol. The topological polar surface area (TPSA) is 77.6 Å². The molecule has 0 saturated carbocycles. The Labute approximate surface area is 164 Å². The van der Waals surface area contributed by atoms with Gasteiger partial charge in [0.2, 0.25) is 5.91 Å². The average Bonchev–Trinajstić information content (AvgIpc) is 3.38. The molecule has 0 bridgehead atoms. The van der Waals surface area contributed by atoms with Gasteiger partial charge in [0.25, 0.3) is 5.56 Å². The molecular formula is C20H18N4O3S. The number of hydrogen-bond donors (Lipinski definition) is 1. The van der Waals surface area contributed by atoms with Crippen molar-refractivity contribution in [2.24, 2.45) is 0 Å². The van der Waals surface area contributed by atoms with Crippen LogP contribution in [0.3, 0.4) is 0 Å². The summed E-state index contributed by atoms with van der Waals surface area (Å²) in [7, 11) is 1.60. The van der Waals surface area contributed by atoms with Crippen LogP contribution < -0.4 is 15.6 Å². The first-order chi connectivity index (χ1) is 13.6.